The predicted octanol–water partition coefficient (Wildman–Crippen LogP) is 4.34. The van der Waals surface area contributed by atoms with Gasteiger partial charge in [0, 0.05) is 35.6 Å². The highest BCUT2D eigenvalue weighted by Gasteiger charge is 2.42. The summed E-state index contributed by atoms with van der Waals surface area (Å²) in [5.41, 5.74) is 2.34. The minimum Gasteiger partial charge on any atom is -0.421 e. The number of rotatable bonds is 2. The lowest BCUT2D eigenvalue weighted by Gasteiger charge is -2.43. The van der Waals surface area contributed by atoms with E-state index in [9.17, 15) is 14.9 Å². The Labute approximate surface area is 160 Å². The molecule has 0 radical (unpaired) electrons. The van der Waals surface area contributed by atoms with Crippen molar-refractivity contribution in [3.8, 4) is 0 Å². The molecule has 0 spiro atoms. The van der Waals surface area contributed by atoms with E-state index in [0.717, 1.165) is 29.4 Å². The molecular formula is C21H18N2O5. The fourth-order valence-corrected chi connectivity index (χ4v) is 4.45. The number of nitro benzene ring substituents is 1. The molecule has 0 unspecified atom stereocenters. The first-order chi connectivity index (χ1) is 13.6. The van der Waals surface area contributed by atoms with Gasteiger partial charge in [0.05, 0.1) is 17.1 Å². The van der Waals surface area contributed by atoms with Crippen molar-refractivity contribution in [2.24, 2.45) is 5.92 Å². The summed E-state index contributed by atoms with van der Waals surface area (Å²) in [4.78, 5) is 23.2. The molecule has 3 heterocycles. The number of anilines is 1. The van der Waals surface area contributed by atoms with E-state index in [2.05, 4.69) is 5.32 Å². The van der Waals surface area contributed by atoms with Crippen molar-refractivity contribution < 1.29 is 14.1 Å². The molecule has 0 aliphatic carbocycles. The monoisotopic (exact) mass is 378 g/mol. The molecule has 1 saturated heterocycles. The smallest absolute Gasteiger partial charge is 0.360 e. The second kappa shape index (κ2) is 6.45. The number of nitrogens with one attached hydrogen (secondary N) is 1. The average Bonchev–Trinajstić information content (AvgIpc) is 2.73. The van der Waals surface area contributed by atoms with Gasteiger partial charge in [-0.3, -0.25) is 10.1 Å². The molecule has 142 valence electrons. The summed E-state index contributed by atoms with van der Waals surface area (Å²) >= 11 is 0. The number of non-ortho nitro benzene ring substituents is 1. The number of hydrogen-bond acceptors (Lipinski definition) is 6. The Balaban J connectivity index is 1.66. The molecule has 7 heteroatoms. The van der Waals surface area contributed by atoms with E-state index in [1.165, 1.54) is 12.1 Å². The SMILES string of the molecule is O=c1oc2ccccc2c2c1N[C@H](c1ccc([N+](=O)[O-])cc1)[C@@H]1CCCO[C@H]21. The highest BCUT2D eigenvalue weighted by molar-refractivity contribution is 5.86. The van der Waals surface area contributed by atoms with Crippen LogP contribution in [0.25, 0.3) is 11.0 Å². The summed E-state index contributed by atoms with van der Waals surface area (Å²) in [5, 5.41) is 15.2. The number of nitrogens with zero attached hydrogens (tertiary/aromatic N) is 1. The van der Waals surface area contributed by atoms with Crippen molar-refractivity contribution in [3.05, 3.63) is 80.2 Å². The van der Waals surface area contributed by atoms with Crippen LogP contribution in [-0.2, 0) is 4.74 Å². The molecule has 1 fully saturated rings. The Morgan fingerprint density at radius 1 is 1.11 bits per heavy atom. The third-order valence-corrected chi connectivity index (χ3v) is 5.70. The van der Waals surface area contributed by atoms with E-state index in [-0.39, 0.29) is 23.8 Å². The third kappa shape index (κ3) is 2.58. The van der Waals surface area contributed by atoms with Crippen LogP contribution in [0, 0.1) is 16.0 Å². The third-order valence-electron chi connectivity index (χ3n) is 5.70. The maximum absolute atomic E-state index is 12.7. The highest BCUT2D eigenvalue weighted by Crippen LogP contribution is 2.50. The fourth-order valence-electron chi connectivity index (χ4n) is 4.45. The van der Waals surface area contributed by atoms with Crippen molar-refractivity contribution in [2.45, 2.75) is 25.0 Å². The maximum atomic E-state index is 12.7. The summed E-state index contributed by atoms with van der Waals surface area (Å²) in [6.07, 6.45) is 1.65. The van der Waals surface area contributed by atoms with Gasteiger partial charge in [-0.25, -0.2) is 4.79 Å². The standard InChI is InChI=1S/C21H18N2O5/c24-21-19-17(14-4-1-2-6-16(14)28-21)20-15(5-3-11-27-20)18(22-19)12-7-9-13(10-8-12)23(25)26/h1-2,4,6-10,15,18,20,22H,3,5,11H2/t15-,18+,20-/m0/s1. The molecule has 0 amide bonds. The molecule has 5 rings (SSSR count). The molecule has 7 nitrogen and oxygen atoms in total. The number of hydrogen-bond donors (Lipinski definition) is 1. The Morgan fingerprint density at radius 2 is 1.89 bits per heavy atom. The molecule has 1 N–H and O–H groups in total. The quantitative estimate of drug-likeness (QED) is 0.405. The van der Waals surface area contributed by atoms with Crippen LogP contribution in [0.5, 0.6) is 0 Å². The zero-order valence-electron chi connectivity index (χ0n) is 15.0. The van der Waals surface area contributed by atoms with Gasteiger partial charge in [-0.1, -0.05) is 30.3 Å². The Bertz CT molecular complexity index is 1120. The van der Waals surface area contributed by atoms with E-state index in [4.69, 9.17) is 9.15 Å². The summed E-state index contributed by atoms with van der Waals surface area (Å²) in [6, 6.07) is 13.8. The zero-order valence-corrected chi connectivity index (χ0v) is 15.0. The molecular weight excluding hydrogens is 360 g/mol. The Morgan fingerprint density at radius 3 is 2.68 bits per heavy atom. The normalized spacial score (nSPS) is 23.5. The first-order valence-corrected chi connectivity index (χ1v) is 9.32. The highest BCUT2D eigenvalue weighted by atomic mass is 16.6. The van der Waals surface area contributed by atoms with E-state index in [1.54, 1.807) is 18.2 Å². The largest absolute Gasteiger partial charge is 0.421 e. The number of ether oxygens (including phenoxy) is 1. The molecule has 0 saturated carbocycles. The van der Waals surface area contributed by atoms with Crippen LogP contribution in [0.2, 0.25) is 0 Å². The maximum Gasteiger partial charge on any atom is 0.360 e. The van der Waals surface area contributed by atoms with Crippen molar-refractivity contribution >= 4 is 22.3 Å². The van der Waals surface area contributed by atoms with E-state index >= 15 is 0 Å². The summed E-state index contributed by atoms with van der Waals surface area (Å²) in [6.45, 7) is 0.641. The van der Waals surface area contributed by atoms with Crippen molar-refractivity contribution in [1.82, 2.24) is 0 Å². The lowest BCUT2D eigenvalue weighted by molar-refractivity contribution is -0.384. The minimum absolute atomic E-state index is 0.0434. The first kappa shape index (κ1) is 16.9. The van der Waals surface area contributed by atoms with Gasteiger partial charge in [-0.05, 0) is 24.5 Å². The number of para-hydroxylation sites is 1. The molecule has 0 bridgehead atoms. The molecule has 28 heavy (non-hydrogen) atoms. The summed E-state index contributed by atoms with van der Waals surface area (Å²) in [7, 11) is 0. The van der Waals surface area contributed by atoms with E-state index in [0.29, 0.717) is 17.9 Å². The first-order valence-electron chi connectivity index (χ1n) is 9.32. The molecule has 3 atom stereocenters. The van der Waals surface area contributed by atoms with Gasteiger partial charge >= 0.3 is 5.63 Å². The Hall–Kier alpha value is -3.19. The number of nitro groups is 1. The van der Waals surface area contributed by atoms with Gasteiger partial charge in [0.15, 0.2) is 0 Å². The summed E-state index contributed by atoms with van der Waals surface area (Å²) < 4.78 is 11.7. The van der Waals surface area contributed by atoms with Crippen LogP contribution >= 0.6 is 0 Å². The molecule has 3 aromatic rings. The van der Waals surface area contributed by atoms with E-state index in [1.807, 2.05) is 18.2 Å². The van der Waals surface area contributed by atoms with Crippen LogP contribution in [0.3, 0.4) is 0 Å². The van der Waals surface area contributed by atoms with Gasteiger partial charge in [-0.15, -0.1) is 0 Å². The predicted molar refractivity (Wildman–Crippen MR) is 103 cm³/mol. The lowest BCUT2D eigenvalue weighted by Crippen LogP contribution is -2.38. The van der Waals surface area contributed by atoms with Crippen LogP contribution < -0.4 is 10.9 Å². The van der Waals surface area contributed by atoms with Gasteiger partial charge in [0.25, 0.3) is 5.69 Å². The zero-order chi connectivity index (χ0) is 19.3. The van der Waals surface area contributed by atoms with Crippen LogP contribution in [0.4, 0.5) is 11.4 Å². The van der Waals surface area contributed by atoms with E-state index < -0.39 is 10.5 Å². The molecule has 2 aliphatic rings. The van der Waals surface area contributed by atoms with Gasteiger partial charge < -0.3 is 14.5 Å². The summed E-state index contributed by atoms with van der Waals surface area (Å²) in [5.74, 6) is 0.118. The second-order valence-electron chi connectivity index (χ2n) is 7.24. The minimum atomic E-state index is -0.423. The molecule has 1 aromatic heterocycles. The van der Waals surface area contributed by atoms with Gasteiger partial charge in [0.2, 0.25) is 0 Å². The lowest BCUT2D eigenvalue weighted by atomic mass is 9.77. The Kier molecular flexibility index (Phi) is 3.91. The number of benzene rings is 2. The van der Waals surface area contributed by atoms with Crippen LogP contribution in [0.1, 0.15) is 36.1 Å². The second-order valence-corrected chi connectivity index (χ2v) is 7.24. The fraction of sp³-hybridized carbons (Fsp3) is 0.286. The number of fused-ring (bicyclic) bond motifs is 5. The van der Waals surface area contributed by atoms with Crippen molar-refractivity contribution in [2.75, 3.05) is 11.9 Å². The van der Waals surface area contributed by atoms with Crippen molar-refractivity contribution in [1.29, 1.82) is 0 Å². The van der Waals surface area contributed by atoms with Crippen LogP contribution in [0.15, 0.2) is 57.7 Å². The van der Waals surface area contributed by atoms with Crippen LogP contribution in [-0.4, -0.2) is 11.5 Å². The van der Waals surface area contributed by atoms with Gasteiger partial charge in [-0.2, -0.15) is 0 Å². The van der Waals surface area contributed by atoms with Gasteiger partial charge in [0.1, 0.15) is 11.3 Å². The average molecular weight is 378 g/mol. The van der Waals surface area contributed by atoms with Crippen molar-refractivity contribution in [3.63, 3.8) is 0 Å². The molecule has 2 aliphatic heterocycles. The molecule has 2 aromatic carbocycles. The topological polar surface area (TPSA) is 94.6 Å².